The highest BCUT2D eigenvalue weighted by Gasteiger charge is 2.26. The maximum atomic E-state index is 13.0. The highest BCUT2D eigenvalue weighted by atomic mass is 32.2. The number of rotatable bonds is 7. The molecule has 1 N–H and O–H groups in total. The Kier molecular flexibility index (Phi) is 7.16. The van der Waals surface area contributed by atoms with E-state index in [-0.39, 0.29) is 27.7 Å². The molecule has 0 spiro atoms. The summed E-state index contributed by atoms with van der Waals surface area (Å²) in [5, 5.41) is 11.2. The number of aromatic nitrogens is 2. The van der Waals surface area contributed by atoms with E-state index in [9.17, 15) is 13.2 Å². The van der Waals surface area contributed by atoms with Gasteiger partial charge in [-0.2, -0.15) is 4.31 Å². The molecule has 1 aliphatic heterocycles. The highest BCUT2D eigenvalue weighted by Crippen LogP contribution is 2.27. The standard InChI is InChI=1S/C23H26N4O4S2/c1-16-9-10-17(2)20(13-16)24-21(28)15-32-23-26-25-22(31-23)18-7-6-8-19(14-18)33(29,30)27-11-4-3-5-12-27/h6-10,13-14H,3-5,11-12,15H2,1-2H3,(H,24,28). The molecule has 1 fully saturated rings. The van der Waals surface area contributed by atoms with Gasteiger partial charge in [0.05, 0.1) is 10.6 Å². The molecule has 3 aromatic rings. The predicted octanol–water partition coefficient (Wildman–Crippen LogP) is 4.26. The SMILES string of the molecule is Cc1ccc(C)c(NC(=O)CSc2nnc(-c3cccc(S(=O)(=O)N4CCCCC4)c3)o2)c1. The van der Waals surface area contributed by atoms with Crippen LogP contribution in [-0.4, -0.2) is 47.7 Å². The smallest absolute Gasteiger partial charge is 0.277 e. The van der Waals surface area contributed by atoms with Gasteiger partial charge in [-0.15, -0.1) is 10.2 Å². The first-order valence-corrected chi connectivity index (χ1v) is 13.2. The molecular formula is C23H26N4O4S2. The van der Waals surface area contributed by atoms with E-state index in [4.69, 9.17) is 4.42 Å². The number of hydrogen-bond donors (Lipinski definition) is 1. The number of thioether (sulfide) groups is 1. The number of carbonyl (C=O) groups excluding carboxylic acids is 1. The molecule has 1 aromatic heterocycles. The Labute approximate surface area is 197 Å². The largest absolute Gasteiger partial charge is 0.411 e. The highest BCUT2D eigenvalue weighted by molar-refractivity contribution is 7.99. The van der Waals surface area contributed by atoms with E-state index in [1.165, 1.54) is 4.31 Å². The zero-order chi connectivity index (χ0) is 23.4. The minimum absolute atomic E-state index is 0.110. The molecule has 174 valence electrons. The molecule has 1 aliphatic rings. The molecule has 33 heavy (non-hydrogen) atoms. The molecule has 8 nitrogen and oxygen atoms in total. The number of piperidine rings is 1. The molecule has 2 heterocycles. The van der Waals surface area contributed by atoms with Crippen molar-refractivity contribution in [3.8, 4) is 11.5 Å². The minimum Gasteiger partial charge on any atom is -0.411 e. The van der Waals surface area contributed by atoms with Gasteiger partial charge in [-0.1, -0.05) is 36.4 Å². The lowest BCUT2D eigenvalue weighted by Crippen LogP contribution is -2.35. The van der Waals surface area contributed by atoms with Crippen LogP contribution in [0.3, 0.4) is 0 Å². The van der Waals surface area contributed by atoms with Gasteiger partial charge in [0.2, 0.25) is 21.8 Å². The summed E-state index contributed by atoms with van der Waals surface area (Å²) >= 11 is 1.13. The van der Waals surface area contributed by atoms with Crippen LogP contribution >= 0.6 is 11.8 Å². The van der Waals surface area contributed by atoms with Crippen LogP contribution in [0.1, 0.15) is 30.4 Å². The van der Waals surface area contributed by atoms with Gasteiger partial charge in [0.15, 0.2) is 0 Å². The van der Waals surface area contributed by atoms with Crippen LogP contribution in [0.2, 0.25) is 0 Å². The zero-order valence-electron chi connectivity index (χ0n) is 18.6. The molecule has 0 atom stereocenters. The Balaban J connectivity index is 1.41. The first-order chi connectivity index (χ1) is 15.8. The fourth-order valence-electron chi connectivity index (χ4n) is 3.61. The molecule has 10 heteroatoms. The normalized spacial score (nSPS) is 14.8. The molecule has 0 unspecified atom stereocenters. The van der Waals surface area contributed by atoms with Crippen LogP contribution in [0.4, 0.5) is 5.69 Å². The van der Waals surface area contributed by atoms with Crippen molar-refractivity contribution in [3.63, 3.8) is 0 Å². The lowest BCUT2D eigenvalue weighted by Gasteiger charge is -2.25. The Hall–Kier alpha value is -2.69. The number of sulfonamides is 1. The monoisotopic (exact) mass is 486 g/mol. The number of nitrogens with zero attached hydrogens (tertiary/aromatic N) is 3. The van der Waals surface area contributed by atoms with Gasteiger partial charge >= 0.3 is 0 Å². The average molecular weight is 487 g/mol. The molecule has 0 bridgehead atoms. The van der Waals surface area contributed by atoms with E-state index < -0.39 is 10.0 Å². The first kappa shape index (κ1) is 23.5. The second-order valence-corrected chi connectivity index (χ2v) is 10.9. The van der Waals surface area contributed by atoms with Crippen molar-refractivity contribution in [2.45, 2.75) is 43.2 Å². The summed E-state index contributed by atoms with van der Waals surface area (Å²) < 4.78 is 33.1. The minimum atomic E-state index is -3.56. The van der Waals surface area contributed by atoms with Crippen LogP contribution in [0, 0.1) is 13.8 Å². The van der Waals surface area contributed by atoms with Gasteiger partial charge in [0.25, 0.3) is 5.22 Å². The van der Waals surface area contributed by atoms with E-state index >= 15 is 0 Å². The number of benzene rings is 2. The summed E-state index contributed by atoms with van der Waals surface area (Å²) in [5.41, 5.74) is 3.35. The molecule has 0 aliphatic carbocycles. The number of amides is 1. The van der Waals surface area contributed by atoms with Crippen LogP contribution in [-0.2, 0) is 14.8 Å². The van der Waals surface area contributed by atoms with Gasteiger partial charge in [-0.05, 0) is 62.1 Å². The third-order valence-electron chi connectivity index (χ3n) is 5.43. The Morgan fingerprint density at radius 3 is 2.67 bits per heavy atom. The summed E-state index contributed by atoms with van der Waals surface area (Å²) in [4.78, 5) is 12.5. The topological polar surface area (TPSA) is 105 Å². The average Bonchev–Trinajstić information content (AvgIpc) is 3.30. The number of carbonyl (C=O) groups is 1. The molecule has 1 saturated heterocycles. The predicted molar refractivity (Wildman–Crippen MR) is 128 cm³/mol. The second-order valence-electron chi connectivity index (χ2n) is 8.02. The number of nitrogens with one attached hydrogen (secondary N) is 1. The summed E-state index contributed by atoms with van der Waals surface area (Å²) in [7, 11) is -3.56. The summed E-state index contributed by atoms with van der Waals surface area (Å²) in [6.07, 6.45) is 2.80. The lowest BCUT2D eigenvalue weighted by atomic mass is 10.1. The van der Waals surface area contributed by atoms with E-state index in [0.29, 0.717) is 18.7 Å². The van der Waals surface area contributed by atoms with Crippen molar-refractivity contribution in [3.05, 3.63) is 53.6 Å². The maximum Gasteiger partial charge on any atom is 0.277 e. The molecule has 2 aromatic carbocycles. The Morgan fingerprint density at radius 2 is 1.88 bits per heavy atom. The van der Waals surface area contributed by atoms with Gasteiger partial charge < -0.3 is 9.73 Å². The van der Waals surface area contributed by atoms with Crippen LogP contribution < -0.4 is 5.32 Å². The van der Waals surface area contributed by atoms with Gasteiger partial charge in [-0.25, -0.2) is 8.42 Å². The van der Waals surface area contributed by atoms with Crippen molar-refractivity contribution >= 4 is 33.4 Å². The van der Waals surface area contributed by atoms with E-state index in [1.54, 1.807) is 24.3 Å². The molecule has 1 amide bonds. The second kappa shape index (κ2) is 10.1. The molecule has 0 saturated carbocycles. The Bertz CT molecular complexity index is 1250. The lowest BCUT2D eigenvalue weighted by molar-refractivity contribution is -0.113. The van der Waals surface area contributed by atoms with E-state index in [2.05, 4.69) is 15.5 Å². The number of hydrogen-bond acceptors (Lipinski definition) is 7. The third kappa shape index (κ3) is 5.63. The first-order valence-electron chi connectivity index (χ1n) is 10.8. The van der Waals surface area contributed by atoms with Crippen molar-refractivity contribution < 1.29 is 17.6 Å². The molecule has 0 radical (unpaired) electrons. The third-order valence-corrected chi connectivity index (χ3v) is 8.15. The number of anilines is 1. The van der Waals surface area contributed by atoms with E-state index in [0.717, 1.165) is 47.8 Å². The quantitative estimate of drug-likeness (QED) is 0.498. The van der Waals surface area contributed by atoms with Crippen molar-refractivity contribution in [2.75, 3.05) is 24.2 Å². The summed E-state index contributed by atoms with van der Waals surface area (Å²) in [5.74, 6) is 0.143. The summed E-state index contributed by atoms with van der Waals surface area (Å²) in [6, 6.07) is 12.4. The van der Waals surface area contributed by atoms with Crippen molar-refractivity contribution in [1.82, 2.24) is 14.5 Å². The fourth-order valence-corrected chi connectivity index (χ4v) is 5.74. The fraction of sp³-hybridized carbons (Fsp3) is 0.348. The number of aryl methyl sites for hydroxylation is 2. The van der Waals surface area contributed by atoms with Crippen molar-refractivity contribution in [1.29, 1.82) is 0 Å². The van der Waals surface area contributed by atoms with Crippen molar-refractivity contribution in [2.24, 2.45) is 0 Å². The zero-order valence-corrected chi connectivity index (χ0v) is 20.2. The Morgan fingerprint density at radius 1 is 1.09 bits per heavy atom. The van der Waals surface area contributed by atoms with Gasteiger partial charge in [0.1, 0.15) is 0 Å². The molecular weight excluding hydrogens is 460 g/mol. The summed E-state index contributed by atoms with van der Waals surface area (Å²) in [6.45, 7) is 4.98. The maximum absolute atomic E-state index is 13.0. The van der Waals surface area contributed by atoms with Gasteiger partial charge in [-0.3, -0.25) is 4.79 Å². The van der Waals surface area contributed by atoms with E-state index in [1.807, 2.05) is 32.0 Å². The molecule has 4 rings (SSSR count). The van der Waals surface area contributed by atoms with Gasteiger partial charge in [0, 0.05) is 24.3 Å². The van der Waals surface area contributed by atoms with Crippen LogP contribution in [0.15, 0.2) is 57.0 Å². The van der Waals surface area contributed by atoms with Crippen LogP contribution in [0.5, 0.6) is 0 Å². The van der Waals surface area contributed by atoms with Crippen LogP contribution in [0.25, 0.3) is 11.5 Å².